The average Bonchev–Trinajstić information content (AvgIpc) is 2.47. The van der Waals surface area contributed by atoms with Crippen molar-refractivity contribution < 1.29 is 14.3 Å². The molecule has 2 aromatic rings. The first kappa shape index (κ1) is 16.0. The van der Waals surface area contributed by atoms with E-state index in [1.54, 1.807) is 36.4 Å². The fourth-order valence-electron chi connectivity index (χ4n) is 1.62. The highest BCUT2D eigenvalue weighted by molar-refractivity contribution is 9.10. The van der Waals surface area contributed by atoms with E-state index in [0.29, 0.717) is 5.56 Å². The number of Topliss-reactive ketones (excluding diaryl/α,β-unsaturated/α-hetero) is 1. The summed E-state index contributed by atoms with van der Waals surface area (Å²) in [7, 11) is 0. The zero-order valence-electron chi connectivity index (χ0n) is 10.6. The highest BCUT2D eigenvalue weighted by Crippen LogP contribution is 2.26. The van der Waals surface area contributed by atoms with Crippen molar-refractivity contribution >= 4 is 50.9 Å². The fraction of sp³-hybridized carbons (Fsp3) is 0.0667. The number of ether oxygens (including phenoxy) is 1. The summed E-state index contributed by atoms with van der Waals surface area (Å²) in [6.45, 7) is -0.363. The largest absolute Gasteiger partial charge is 0.454 e. The van der Waals surface area contributed by atoms with E-state index in [9.17, 15) is 9.59 Å². The Morgan fingerprint density at radius 2 is 1.81 bits per heavy atom. The summed E-state index contributed by atoms with van der Waals surface area (Å²) in [5, 5.41) is 0.364. The summed E-state index contributed by atoms with van der Waals surface area (Å²) in [5.74, 6) is -0.992. The van der Waals surface area contributed by atoms with E-state index >= 15 is 0 Å². The van der Waals surface area contributed by atoms with Gasteiger partial charge in [0.1, 0.15) is 0 Å². The lowest BCUT2D eigenvalue weighted by Crippen LogP contribution is -2.14. The number of hydrogen-bond acceptors (Lipinski definition) is 3. The lowest BCUT2D eigenvalue weighted by molar-refractivity contribution is 0.0475. The molecule has 0 atom stereocenters. The molecule has 6 heteroatoms. The van der Waals surface area contributed by atoms with Crippen molar-refractivity contribution in [1.29, 1.82) is 0 Å². The van der Waals surface area contributed by atoms with Gasteiger partial charge in [-0.2, -0.15) is 0 Å². The molecule has 0 aliphatic rings. The standard InChI is InChI=1S/C15H9BrCl2O3/c16-10-4-1-3-9(7-10)13(19)8-21-15(20)11-5-2-6-12(17)14(11)18/h1-7H,8H2. The SMILES string of the molecule is O=C(COC(=O)c1cccc(Cl)c1Cl)c1cccc(Br)c1. The van der Waals surface area contributed by atoms with Gasteiger partial charge < -0.3 is 4.74 Å². The number of benzene rings is 2. The third-order valence-electron chi connectivity index (χ3n) is 2.65. The van der Waals surface area contributed by atoms with Crippen LogP contribution in [0.25, 0.3) is 0 Å². The first-order chi connectivity index (χ1) is 9.99. The highest BCUT2D eigenvalue weighted by atomic mass is 79.9. The summed E-state index contributed by atoms with van der Waals surface area (Å²) in [6.07, 6.45) is 0. The van der Waals surface area contributed by atoms with Crippen LogP contribution in [-0.4, -0.2) is 18.4 Å². The molecule has 0 unspecified atom stereocenters. The molecule has 0 aliphatic heterocycles. The molecule has 108 valence electrons. The van der Waals surface area contributed by atoms with Crippen LogP contribution in [0.15, 0.2) is 46.9 Å². The van der Waals surface area contributed by atoms with Gasteiger partial charge in [0.15, 0.2) is 12.4 Å². The van der Waals surface area contributed by atoms with E-state index in [1.807, 2.05) is 0 Å². The van der Waals surface area contributed by atoms with Crippen LogP contribution in [0.2, 0.25) is 10.0 Å². The third kappa shape index (κ3) is 4.06. The quantitative estimate of drug-likeness (QED) is 0.559. The number of halogens is 3. The summed E-state index contributed by atoms with van der Waals surface area (Å²) in [4.78, 5) is 23.8. The van der Waals surface area contributed by atoms with Gasteiger partial charge in [0.25, 0.3) is 0 Å². The second-order valence-electron chi connectivity index (χ2n) is 4.11. The van der Waals surface area contributed by atoms with E-state index in [-0.39, 0.29) is 28.0 Å². The Bertz CT molecular complexity index is 701. The van der Waals surface area contributed by atoms with Crippen LogP contribution in [0.5, 0.6) is 0 Å². The second-order valence-corrected chi connectivity index (χ2v) is 5.81. The van der Waals surface area contributed by atoms with Crippen molar-refractivity contribution in [3.05, 3.63) is 68.1 Å². The van der Waals surface area contributed by atoms with Gasteiger partial charge in [0.05, 0.1) is 15.6 Å². The van der Waals surface area contributed by atoms with E-state index in [2.05, 4.69) is 15.9 Å². The van der Waals surface area contributed by atoms with Crippen LogP contribution < -0.4 is 0 Å². The smallest absolute Gasteiger partial charge is 0.340 e. The minimum Gasteiger partial charge on any atom is -0.454 e. The molecule has 0 amide bonds. The maximum Gasteiger partial charge on any atom is 0.340 e. The molecule has 0 saturated carbocycles. The van der Waals surface area contributed by atoms with Crippen LogP contribution in [0.3, 0.4) is 0 Å². The molecule has 0 spiro atoms. The Hall–Kier alpha value is -1.36. The van der Waals surface area contributed by atoms with Crippen LogP contribution >= 0.6 is 39.1 Å². The van der Waals surface area contributed by atoms with E-state index < -0.39 is 5.97 Å². The van der Waals surface area contributed by atoms with Gasteiger partial charge in [-0.3, -0.25) is 4.79 Å². The molecule has 0 heterocycles. The number of ketones is 1. The molecule has 2 rings (SSSR count). The molecule has 0 fully saturated rings. The highest BCUT2D eigenvalue weighted by Gasteiger charge is 2.16. The Morgan fingerprint density at radius 3 is 2.52 bits per heavy atom. The van der Waals surface area contributed by atoms with Crippen LogP contribution in [0.4, 0.5) is 0 Å². The molecular weight excluding hydrogens is 379 g/mol. The Kier molecular flexibility index (Phi) is 5.39. The Labute approximate surface area is 139 Å². The van der Waals surface area contributed by atoms with E-state index in [1.165, 1.54) is 6.07 Å². The molecule has 0 bridgehead atoms. The monoisotopic (exact) mass is 386 g/mol. The second kappa shape index (κ2) is 7.07. The minimum atomic E-state index is -0.689. The zero-order valence-corrected chi connectivity index (χ0v) is 13.7. The minimum absolute atomic E-state index is 0.110. The van der Waals surface area contributed by atoms with Crippen molar-refractivity contribution in [2.75, 3.05) is 6.61 Å². The van der Waals surface area contributed by atoms with Crippen molar-refractivity contribution in [2.24, 2.45) is 0 Å². The fourth-order valence-corrected chi connectivity index (χ4v) is 2.39. The van der Waals surface area contributed by atoms with Crippen LogP contribution in [0, 0.1) is 0 Å². The van der Waals surface area contributed by atoms with Crippen molar-refractivity contribution in [3.8, 4) is 0 Å². The van der Waals surface area contributed by atoms with Gasteiger partial charge in [0, 0.05) is 10.0 Å². The molecule has 0 N–H and O–H groups in total. The topological polar surface area (TPSA) is 43.4 Å². The van der Waals surface area contributed by atoms with Gasteiger partial charge in [-0.05, 0) is 24.3 Å². The maximum absolute atomic E-state index is 11.9. The van der Waals surface area contributed by atoms with Gasteiger partial charge in [-0.25, -0.2) is 4.79 Å². The van der Waals surface area contributed by atoms with Crippen molar-refractivity contribution in [1.82, 2.24) is 0 Å². The Morgan fingerprint density at radius 1 is 1.10 bits per heavy atom. The lowest BCUT2D eigenvalue weighted by Gasteiger charge is -2.07. The maximum atomic E-state index is 11.9. The molecule has 3 nitrogen and oxygen atoms in total. The average molecular weight is 388 g/mol. The summed E-state index contributed by atoms with van der Waals surface area (Å²) < 4.78 is 5.75. The number of carbonyl (C=O) groups excluding carboxylic acids is 2. The molecule has 0 radical (unpaired) electrons. The van der Waals surface area contributed by atoms with E-state index in [0.717, 1.165) is 4.47 Å². The Balaban J connectivity index is 2.04. The summed E-state index contributed by atoms with van der Waals surface area (Å²) >= 11 is 15.0. The molecular formula is C15H9BrCl2O3. The van der Waals surface area contributed by atoms with Crippen molar-refractivity contribution in [2.45, 2.75) is 0 Å². The zero-order chi connectivity index (χ0) is 15.4. The summed E-state index contributed by atoms with van der Waals surface area (Å²) in [6, 6.07) is 11.5. The lowest BCUT2D eigenvalue weighted by atomic mass is 10.1. The number of carbonyl (C=O) groups is 2. The molecule has 0 aliphatic carbocycles. The van der Waals surface area contributed by atoms with Gasteiger partial charge in [0.2, 0.25) is 0 Å². The number of hydrogen-bond donors (Lipinski definition) is 0. The van der Waals surface area contributed by atoms with Crippen molar-refractivity contribution in [3.63, 3.8) is 0 Å². The van der Waals surface area contributed by atoms with Gasteiger partial charge in [-0.15, -0.1) is 0 Å². The van der Waals surface area contributed by atoms with Gasteiger partial charge >= 0.3 is 5.97 Å². The molecule has 0 saturated heterocycles. The predicted molar refractivity (Wildman–Crippen MR) is 85.2 cm³/mol. The molecule has 21 heavy (non-hydrogen) atoms. The first-order valence-corrected chi connectivity index (χ1v) is 7.44. The third-order valence-corrected chi connectivity index (χ3v) is 3.96. The predicted octanol–water partition coefficient (Wildman–Crippen LogP) is 4.80. The molecule has 0 aromatic heterocycles. The van der Waals surface area contributed by atoms with Crippen LogP contribution in [-0.2, 0) is 4.74 Å². The van der Waals surface area contributed by atoms with E-state index in [4.69, 9.17) is 27.9 Å². The first-order valence-electron chi connectivity index (χ1n) is 5.89. The number of rotatable bonds is 4. The molecule has 2 aromatic carbocycles. The normalized spacial score (nSPS) is 10.2. The van der Waals surface area contributed by atoms with Crippen LogP contribution in [0.1, 0.15) is 20.7 Å². The summed E-state index contributed by atoms with van der Waals surface area (Å²) in [5.41, 5.74) is 0.584. The van der Waals surface area contributed by atoms with Gasteiger partial charge in [-0.1, -0.05) is 57.3 Å². The number of esters is 1.